The molecular formula is C14H26N4S. The molecule has 0 unspecified atom stereocenters. The number of nitrogens with one attached hydrogen (secondary N) is 1. The van der Waals surface area contributed by atoms with Gasteiger partial charge in [0.1, 0.15) is 0 Å². The van der Waals surface area contributed by atoms with E-state index in [2.05, 4.69) is 65.4 Å². The molecule has 1 aromatic heterocycles. The van der Waals surface area contributed by atoms with E-state index in [1.165, 1.54) is 11.4 Å². The van der Waals surface area contributed by atoms with E-state index in [4.69, 9.17) is 0 Å². The highest BCUT2D eigenvalue weighted by atomic mass is 32.2. The number of guanidine groups is 1. The Morgan fingerprint density at radius 2 is 2.32 bits per heavy atom. The Balaban J connectivity index is 2.56. The molecule has 0 aliphatic heterocycles. The minimum Gasteiger partial charge on any atom is -0.357 e. The standard InChI is InChI=1S/C14H26N4S/c1-5-15-14(16-9-7-11-19-4)18(3)12-13-8-6-10-17(13)2/h6,8,10H,5,7,9,11-12H2,1-4H3,(H,15,16). The van der Waals surface area contributed by atoms with Crippen LogP contribution in [-0.2, 0) is 13.6 Å². The average molecular weight is 282 g/mol. The fraction of sp³-hybridized carbons (Fsp3) is 0.643. The Morgan fingerprint density at radius 1 is 1.53 bits per heavy atom. The molecule has 0 atom stereocenters. The molecule has 1 rings (SSSR count). The first kappa shape index (κ1) is 16.0. The van der Waals surface area contributed by atoms with E-state index in [1.54, 1.807) is 0 Å². The van der Waals surface area contributed by atoms with Gasteiger partial charge >= 0.3 is 0 Å². The molecule has 0 bridgehead atoms. The molecule has 0 fully saturated rings. The van der Waals surface area contributed by atoms with Gasteiger partial charge in [-0.2, -0.15) is 11.8 Å². The van der Waals surface area contributed by atoms with Crippen LogP contribution in [0.2, 0.25) is 0 Å². The molecule has 0 saturated carbocycles. The zero-order valence-corrected chi connectivity index (χ0v) is 13.3. The van der Waals surface area contributed by atoms with Crippen molar-refractivity contribution in [2.75, 3.05) is 32.1 Å². The predicted molar refractivity (Wildman–Crippen MR) is 85.9 cm³/mol. The predicted octanol–water partition coefficient (Wildman–Crippen LogP) is 2.18. The number of aryl methyl sites for hydroxylation is 1. The molecule has 0 aromatic carbocycles. The Morgan fingerprint density at radius 3 is 2.89 bits per heavy atom. The third-order valence-corrected chi connectivity index (χ3v) is 3.61. The second-order valence-corrected chi connectivity index (χ2v) is 5.53. The van der Waals surface area contributed by atoms with Gasteiger partial charge in [-0.3, -0.25) is 4.99 Å². The number of thioether (sulfide) groups is 1. The molecule has 4 nitrogen and oxygen atoms in total. The van der Waals surface area contributed by atoms with Crippen molar-refractivity contribution in [1.29, 1.82) is 0 Å². The van der Waals surface area contributed by atoms with E-state index in [-0.39, 0.29) is 0 Å². The van der Waals surface area contributed by atoms with Gasteiger partial charge in [0.05, 0.1) is 6.54 Å². The van der Waals surface area contributed by atoms with Crippen LogP contribution in [0, 0.1) is 0 Å². The monoisotopic (exact) mass is 282 g/mol. The summed E-state index contributed by atoms with van der Waals surface area (Å²) in [5, 5.41) is 3.35. The summed E-state index contributed by atoms with van der Waals surface area (Å²) in [6.45, 7) is 4.77. The smallest absolute Gasteiger partial charge is 0.194 e. The van der Waals surface area contributed by atoms with E-state index < -0.39 is 0 Å². The van der Waals surface area contributed by atoms with Crippen molar-refractivity contribution < 1.29 is 0 Å². The van der Waals surface area contributed by atoms with Crippen molar-refractivity contribution in [2.24, 2.45) is 12.0 Å². The number of aromatic nitrogens is 1. The van der Waals surface area contributed by atoms with Crippen LogP contribution in [-0.4, -0.2) is 47.6 Å². The topological polar surface area (TPSA) is 32.6 Å². The van der Waals surface area contributed by atoms with Gasteiger partial charge in [-0.1, -0.05) is 0 Å². The number of hydrogen-bond acceptors (Lipinski definition) is 2. The molecule has 5 heteroatoms. The van der Waals surface area contributed by atoms with E-state index in [1.807, 2.05) is 11.8 Å². The fourth-order valence-electron chi connectivity index (χ4n) is 1.84. The molecule has 0 aliphatic rings. The lowest BCUT2D eigenvalue weighted by atomic mass is 10.4. The summed E-state index contributed by atoms with van der Waals surface area (Å²) in [5.41, 5.74) is 1.29. The van der Waals surface area contributed by atoms with Crippen molar-refractivity contribution in [3.63, 3.8) is 0 Å². The second-order valence-electron chi connectivity index (χ2n) is 4.55. The summed E-state index contributed by atoms with van der Waals surface area (Å²) in [5.74, 6) is 2.16. The van der Waals surface area contributed by atoms with Crippen molar-refractivity contribution >= 4 is 17.7 Å². The molecule has 0 aliphatic carbocycles. The normalized spacial score (nSPS) is 11.7. The van der Waals surface area contributed by atoms with Crippen LogP contribution in [0.15, 0.2) is 23.3 Å². The van der Waals surface area contributed by atoms with Gasteiger partial charge < -0.3 is 14.8 Å². The molecular weight excluding hydrogens is 256 g/mol. The van der Waals surface area contributed by atoms with Crippen LogP contribution in [0.3, 0.4) is 0 Å². The first-order valence-corrected chi connectivity index (χ1v) is 8.17. The molecule has 0 saturated heterocycles. The highest BCUT2D eigenvalue weighted by Crippen LogP contribution is 2.04. The minimum atomic E-state index is 0.873. The molecule has 108 valence electrons. The van der Waals surface area contributed by atoms with Gasteiger partial charge in [0.15, 0.2) is 5.96 Å². The van der Waals surface area contributed by atoms with E-state index in [0.29, 0.717) is 0 Å². The van der Waals surface area contributed by atoms with Gasteiger partial charge in [0.2, 0.25) is 0 Å². The maximum Gasteiger partial charge on any atom is 0.194 e. The number of nitrogens with zero attached hydrogens (tertiary/aromatic N) is 3. The number of hydrogen-bond donors (Lipinski definition) is 1. The zero-order valence-electron chi connectivity index (χ0n) is 12.5. The third kappa shape index (κ3) is 5.59. The Kier molecular flexibility index (Phi) is 7.48. The van der Waals surface area contributed by atoms with Crippen LogP contribution in [0.1, 0.15) is 19.0 Å². The van der Waals surface area contributed by atoms with Crippen molar-refractivity contribution in [3.05, 3.63) is 24.0 Å². The summed E-state index contributed by atoms with van der Waals surface area (Å²) >= 11 is 1.87. The summed E-state index contributed by atoms with van der Waals surface area (Å²) < 4.78 is 2.15. The maximum atomic E-state index is 4.67. The van der Waals surface area contributed by atoms with Crippen molar-refractivity contribution in [2.45, 2.75) is 19.9 Å². The highest BCUT2D eigenvalue weighted by molar-refractivity contribution is 7.98. The van der Waals surface area contributed by atoms with Crippen molar-refractivity contribution in [3.8, 4) is 0 Å². The zero-order chi connectivity index (χ0) is 14.1. The summed E-state index contributed by atoms with van der Waals surface area (Å²) in [6, 6.07) is 4.22. The lowest BCUT2D eigenvalue weighted by Gasteiger charge is -2.22. The number of rotatable bonds is 7. The molecule has 1 aromatic rings. The molecule has 19 heavy (non-hydrogen) atoms. The van der Waals surface area contributed by atoms with Crippen LogP contribution in [0.4, 0.5) is 0 Å². The lowest BCUT2D eigenvalue weighted by Crippen LogP contribution is -2.38. The van der Waals surface area contributed by atoms with E-state index >= 15 is 0 Å². The second kappa shape index (κ2) is 8.91. The first-order valence-electron chi connectivity index (χ1n) is 6.77. The highest BCUT2D eigenvalue weighted by Gasteiger charge is 2.07. The Bertz CT molecular complexity index is 387. The number of aliphatic imine (C=N–C) groups is 1. The van der Waals surface area contributed by atoms with Crippen LogP contribution in [0.5, 0.6) is 0 Å². The SMILES string of the molecule is CCNC(=NCCCSC)N(C)Cc1cccn1C. The van der Waals surface area contributed by atoms with E-state index in [9.17, 15) is 0 Å². The van der Waals surface area contributed by atoms with Gasteiger partial charge in [0, 0.05) is 39.1 Å². The molecule has 1 heterocycles. The van der Waals surface area contributed by atoms with Gasteiger partial charge in [-0.15, -0.1) is 0 Å². The summed E-state index contributed by atoms with van der Waals surface area (Å²) in [4.78, 5) is 6.85. The fourth-order valence-corrected chi connectivity index (χ4v) is 2.26. The molecule has 1 N–H and O–H groups in total. The Hall–Kier alpha value is -1.10. The minimum absolute atomic E-state index is 0.873. The van der Waals surface area contributed by atoms with Crippen LogP contribution < -0.4 is 5.32 Å². The largest absolute Gasteiger partial charge is 0.357 e. The Labute approximate surface area is 121 Å². The van der Waals surface area contributed by atoms with E-state index in [0.717, 1.165) is 32.0 Å². The quantitative estimate of drug-likeness (QED) is 0.473. The summed E-state index contributed by atoms with van der Waals surface area (Å²) in [6.07, 6.45) is 5.34. The average Bonchev–Trinajstić information content (AvgIpc) is 2.79. The van der Waals surface area contributed by atoms with Gasteiger partial charge in [-0.25, -0.2) is 0 Å². The maximum absolute atomic E-state index is 4.67. The van der Waals surface area contributed by atoms with Gasteiger partial charge in [0.25, 0.3) is 0 Å². The van der Waals surface area contributed by atoms with Crippen LogP contribution in [0.25, 0.3) is 0 Å². The lowest BCUT2D eigenvalue weighted by molar-refractivity contribution is 0.462. The van der Waals surface area contributed by atoms with Crippen molar-refractivity contribution in [1.82, 2.24) is 14.8 Å². The van der Waals surface area contributed by atoms with Gasteiger partial charge in [-0.05, 0) is 37.5 Å². The molecule has 0 spiro atoms. The first-order chi connectivity index (χ1) is 9.19. The third-order valence-electron chi connectivity index (χ3n) is 2.92. The molecule has 0 radical (unpaired) electrons. The summed E-state index contributed by atoms with van der Waals surface area (Å²) in [7, 11) is 4.16. The molecule has 0 amide bonds. The van der Waals surface area contributed by atoms with Crippen LogP contribution >= 0.6 is 11.8 Å².